The van der Waals surface area contributed by atoms with E-state index in [1.54, 1.807) is 41.3 Å². The molecule has 0 fully saturated rings. The van der Waals surface area contributed by atoms with E-state index in [1.165, 1.54) is 17.0 Å². The second-order valence-corrected chi connectivity index (χ2v) is 7.55. The average Bonchev–Trinajstić information content (AvgIpc) is 3.23. The van der Waals surface area contributed by atoms with Gasteiger partial charge in [0, 0.05) is 13.1 Å². The van der Waals surface area contributed by atoms with Crippen LogP contribution in [0.5, 0.6) is 5.75 Å². The molecule has 3 aromatic rings. The summed E-state index contributed by atoms with van der Waals surface area (Å²) in [7, 11) is 0. The molecule has 0 unspecified atom stereocenters. The van der Waals surface area contributed by atoms with Crippen LogP contribution in [-0.4, -0.2) is 41.3 Å². The summed E-state index contributed by atoms with van der Waals surface area (Å²) in [5.41, 5.74) is 0.766. The Hall–Kier alpha value is -3.87. The van der Waals surface area contributed by atoms with Crippen molar-refractivity contribution in [2.75, 3.05) is 19.7 Å². The van der Waals surface area contributed by atoms with E-state index in [4.69, 9.17) is 9.15 Å². The third kappa shape index (κ3) is 7.35. The first-order valence-electron chi connectivity index (χ1n) is 10.6. The number of nitrogens with zero attached hydrogens (tertiary/aromatic N) is 2. The molecular weight excluding hydrogens is 423 g/mol. The number of benzene rings is 2. The third-order valence-electron chi connectivity index (χ3n) is 4.92. The summed E-state index contributed by atoms with van der Waals surface area (Å²) < 4.78 is 24.5. The van der Waals surface area contributed by atoms with Crippen LogP contribution in [0.2, 0.25) is 0 Å². The Balaban J connectivity index is 1.70. The number of ether oxygens (including phenoxy) is 1. The van der Waals surface area contributed by atoms with Crippen molar-refractivity contribution in [3.8, 4) is 5.75 Å². The van der Waals surface area contributed by atoms with Crippen LogP contribution in [0.1, 0.15) is 17.1 Å². The van der Waals surface area contributed by atoms with Crippen LogP contribution < -0.4 is 4.74 Å². The van der Waals surface area contributed by atoms with Crippen LogP contribution in [0.15, 0.2) is 83.8 Å². The van der Waals surface area contributed by atoms with Gasteiger partial charge in [0.2, 0.25) is 5.91 Å². The number of carbonyl (C=O) groups excluding carboxylic acids is 2. The third-order valence-corrected chi connectivity index (χ3v) is 4.92. The molecule has 2 amide bonds. The maximum Gasteiger partial charge on any atom is 0.261 e. The molecule has 6 nitrogen and oxygen atoms in total. The first-order chi connectivity index (χ1) is 15.9. The van der Waals surface area contributed by atoms with Crippen LogP contribution in [0.4, 0.5) is 4.39 Å². The fraction of sp³-hybridized carbons (Fsp3) is 0.231. The zero-order valence-electron chi connectivity index (χ0n) is 18.6. The van der Waals surface area contributed by atoms with Crippen LogP contribution in [-0.2, 0) is 22.7 Å². The molecular formula is C26H27FN2O4. The number of hydrogen-bond donors (Lipinski definition) is 0. The summed E-state index contributed by atoms with van der Waals surface area (Å²) in [6.07, 6.45) is 1.56. The lowest BCUT2D eigenvalue weighted by atomic mass is 10.2. The summed E-state index contributed by atoms with van der Waals surface area (Å²) in [6.45, 7) is 5.84. The molecule has 0 aliphatic rings. The minimum atomic E-state index is -0.348. The van der Waals surface area contributed by atoms with Gasteiger partial charge in [-0.3, -0.25) is 9.59 Å². The summed E-state index contributed by atoms with van der Waals surface area (Å²) in [5.74, 6) is 0.977. The first kappa shape index (κ1) is 23.8. The number of hydrogen-bond acceptors (Lipinski definition) is 4. The lowest BCUT2D eigenvalue weighted by Gasteiger charge is -2.27. The molecule has 0 atom stereocenters. The molecule has 0 saturated carbocycles. The van der Waals surface area contributed by atoms with Crippen molar-refractivity contribution in [2.45, 2.75) is 20.0 Å². The molecule has 0 aliphatic carbocycles. The molecule has 1 aromatic heterocycles. The fourth-order valence-electron chi connectivity index (χ4n) is 3.23. The largest absolute Gasteiger partial charge is 0.484 e. The number of furan rings is 1. The predicted octanol–water partition coefficient (Wildman–Crippen LogP) is 4.35. The van der Waals surface area contributed by atoms with E-state index < -0.39 is 0 Å². The fourth-order valence-corrected chi connectivity index (χ4v) is 3.23. The minimum absolute atomic E-state index is 0.149. The highest BCUT2D eigenvalue weighted by Gasteiger charge is 2.22. The number of rotatable bonds is 11. The zero-order chi connectivity index (χ0) is 23.6. The van der Waals surface area contributed by atoms with E-state index in [0.717, 1.165) is 11.3 Å². The lowest BCUT2D eigenvalue weighted by Crippen LogP contribution is -2.44. The van der Waals surface area contributed by atoms with Crippen molar-refractivity contribution in [1.82, 2.24) is 9.80 Å². The maximum atomic E-state index is 13.3. The Kier molecular flexibility index (Phi) is 8.41. The van der Waals surface area contributed by atoms with Crippen molar-refractivity contribution in [1.29, 1.82) is 0 Å². The van der Waals surface area contributed by atoms with E-state index >= 15 is 0 Å². The topological polar surface area (TPSA) is 63.0 Å². The Labute approximate surface area is 192 Å². The van der Waals surface area contributed by atoms with Gasteiger partial charge in [-0.05, 0) is 48.9 Å². The number of para-hydroxylation sites is 1. The molecule has 7 heteroatoms. The van der Waals surface area contributed by atoms with Crippen molar-refractivity contribution in [2.24, 2.45) is 0 Å². The minimum Gasteiger partial charge on any atom is -0.484 e. The van der Waals surface area contributed by atoms with Crippen LogP contribution in [0, 0.1) is 12.7 Å². The van der Waals surface area contributed by atoms with Gasteiger partial charge in [0.05, 0.1) is 6.54 Å². The summed E-state index contributed by atoms with van der Waals surface area (Å²) in [5, 5.41) is 0. The van der Waals surface area contributed by atoms with Crippen LogP contribution in [0.3, 0.4) is 0 Å². The highest BCUT2D eigenvalue weighted by molar-refractivity contribution is 5.85. The standard InChI is InChI=1S/C26H27FN2O4/c1-3-15-28(26(31)19-32-23-7-5-4-6-8-23)18-25(30)29(17-24-14-9-20(2)33-24)16-21-10-12-22(27)13-11-21/h3-14H,1,15-19H2,2H3. The van der Waals surface area contributed by atoms with E-state index in [2.05, 4.69) is 6.58 Å². The van der Waals surface area contributed by atoms with Crippen molar-refractivity contribution >= 4 is 11.8 Å². The van der Waals surface area contributed by atoms with Crippen LogP contribution in [0.25, 0.3) is 0 Å². The first-order valence-corrected chi connectivity index (χ1v) is 10.6. The molecule has 0 saturated heterocycles. The Morgan fingerprint density at radius 2 is 1.70 bits per heavy atom. The molecule has 0 radical (unpaired) electrons. The van der Waals surface area contributed by atoms with Crippen LogP contribution >= 0.6 is 0 Å². The Morgan fingerprint density at radius 1 is 0.970 bits per heavy atom. The molecule has 0 aliphatic heterocycles. The second kappa shape index (κ2) is 11.7. The van der Waals surface area contributed by atoms with Gasteiger partial charge in [-0.1, -0.05) is 36.4 Å². The smallest absolute Gasteiger partial charge is 0.261 e. The van der Waals surface area contributed by atoms with Gasteiger partial charge in [-0.15, -0.1) is 6.58 Å². The summed E-state index contributed by atoms with van der Waals surface area (Å²) in [6, 6.07) is 18.6. The maximum absolute atomic E-state index is 13.3. The van der Waals surface area contributed by atoms with Gasteiger partial charge in [-0.2, -0.15) is 0 Å². The Morgan fingerprint density at radius 3 is 2.33 bits per heavy atom. The molecule has 3 rings (SSSR count). The van der Waals surface area contributed by atoms with Gasteiger partial charge >= 0.3 is 0 Å². The van der Waals surface area contributed by atoms with E-state index in [0.29, 0.717) is 11.5 Å². The van der Waals surface area contributed by atoms with Gasteiger partial charge < -0.3 is 19.0 Å². The monoisotopic (exact) mass is 450 g/mol. The number of amides is 2. The molecule has 1 heterocycles. The number of carbonyl (C=O) groups is 2. The highest BCUT2D eigenvalue weighted by atomic mass is 19.1. The van der Waals surface area contributed by atoms with Gasteiger partial charge in [0.25, 0.3) is 5.91 Å². The van der Waals surface area contributed by atoms with E-state index in [1.807, 2.05) is 31.2 Å². The highest BCUT2D eigenvalue weighted by Crippen LogP contribution is 2.15. The lowest BCUT2D eigenvalue weighted by molar-refractivity contribution is -0.142. The molecule has 0 bridgehead atoms. The van der Waals surface area contributed by atoms with Gasteiger partial charge in [0.15, 0.2) is 6.61 Å². The normalized spacial score (nSPS) is 10.5. The summed E-state index contributed by atoms with van der Waals surface area (Å²) in [4.78, 5) is 28.9. The van der Waals surface area contributed by atoms with Crippen molar-refractivity contribution in [3.63, 3.8) is 0 Å². The quantitative estimate of drug-likeness (QED) is 0.408. The predicted molar refractivity (Wildman–Crippen MR) is 123 cm³/mol. The molecule has 33 heavy (non-hydrogen) atoms. The second-order valence-electron chi connectivity index (χ2n) is 7.55. The molecule has 172 valence electrons. The Bertz CT molecular complexity index is 1060. The zero-order valence-corrected chi connectivity index (χ0v) is 18.6. The van der Waals surface area contributed by atoms with Crippen molar-refractivity contribution in [3.05, 3.63) is 102 Å². The van der Waals surface area contributed by atoms with Gasteiger partial charge in [-0.25, -0.2) is 4.39 Å². The number of aryl methyl sites for hydroxylation is 1. The van der Waals surface area contributed by atoms with E-state index in [-0.39, 0.29) is 50.4 Å². The van der Waals surface area contributed by atoms with E-state index in [9.17, 15) is 14.0 Å². The SMILES string of the molecule is C=CCN(CC(=O)N(Cc1ccc(F)cc1)Cc1ccc(C)o1)C(=O)COc1ccccc1. The molecule has 0 N–H and O–H groups in total. The molecule has 0 spiro atoms. The van der Waals surface area contributed by atoms with Gasteiger partial charge in [0.1, 0.15) is 29.6 Å². The number of halogens is 1. The summed E-state index contributed by atoms with van der Waals surface area (Å²) >= 11 is 0. The average molecular weight is 451 g/mol. The molecule has 2 aromatic carbocycles. The van der Waals surface area contributed by atoms with Crippen molar-refractivity contribution < 1.29 is 23.1 Å².